The second-order valence-electron chi connectivity index (χ2n) is 5.66. The van der Waals surface area contributed by atoms with Crippen LogP contribution in [0.2, 0.25) is 0 Å². The van der Waals surface area contributed by atoms with E-state index >= 15 is 0 Å². The predicted molar refractivity (Wildman–Crippen MR) is 87.3 cm³/mol. The van der Waals surface area contributed by atoms with Crippen molar-refractivity contribution in [2.75, 3.05) is 25.0 Å². The molecule has 1 atom stereocenters. The average molecular weight is 309 g/mol. The quantitative estimate of drug-likeness (QED) is 0.940. The first-order valence-electron chi connectivity index (χ1n) is 7.73. The Morgan fingerprint density at radius 2 is 2.13 bits per heavy atom. The fourth-order valence-electron chi connectivity index (χ4n) is 2.94. The lowest BCUT2D eigenvalue weighted by Gasteiger charge is -2.34. The number of rotatable bonds is 3. The molecule has 0 saturated carbocycles. The summed E-state index contributed by atoms with van der Waals surface area (Å²) in [6.07, 6.45) is 3.99. The van der Waals surface area contributed by atoms with Crippen LogP contribution in [0.1, 0.15) is 34.9 Å². The van der Waals surface area contributed by atoms with Crippen LogP contribution >= 0.6 is 0 Å². The smallest absolute Gasteiger partial charge is 0.271 e. The molecule has 3 rings (SSSR count). The molecule has 2 heterocycles. The zero-order valence-electron chi connectivity index (χ0n) is 13.1. The lowest BCUT2D eigenvalue weighted by Crippen LogP contribution is -2.36. The van der Waals surface area contributed by atoms with E-state index in [0.717, 1.165) is 31.6 Å². The van der Waals surface area contributed by atoms with Gasteiger partial charge < -0.3 is 10.2 Å². The number of hydrogen-bond acceptors (Lipinski definition) is 4. The van der Waals surface area contributed by atoms with Gasteiger partial charge in [-0.3, -0.25) is 9.48 Å². The van der Waals surface area contributed by atoms with E-state index in [4.69, 9.17) is 5.26 Å². The summed E-state index contributed by atoms with van der Waals surface area (Å²) in [4.78, 5) is 13.9. The number of carbonyl (C=O) groups is 1. The highest BCUT2D eigenvalue weighted by Crippen LogP contribution is 2.26. The van der Waals surface area contributed by atoms with Gasteiger partial charge in [-0.25, -0.2) is 0 Å². The SMILES string of the molecule is CNC(=O)c1ccn(C2CCCN(c3ccc(C#N)cc3)C2)n1. The number of nitriles is 1. The van der Waals surface area contributed by atoms with Gasteiger partial charge in [0.25, 0.3) is 5.91 Å². The number of nitrogens with zero attached hydrogens (tertiary/aromatic N) is 4. The van der Waals surface area contributed by atoms with E-state index in [9.17, 15) is 4.79 Å². The molecule has 23 heavy (non-hydrogen) atoms. The van der Waals surface area contributed by atoms with Crippen LogP contribution in [0, 0.1) is 11.3 Å². The molecule has 2 aromatic rings. The minimum atomic E-state index is -0.163. The van der Waals surface area contributed by atoms with Gasteiger partial charge in [0.2, 0.25) is 0 Å². The van der Waals surface area contributed by atoms with Crippen molar-refractivity contribution in [1.29, 1.82) is 5.26 Å². The summed E-state index contributed by atoms with van der Waals surface area (Å²) in [6, 6.07) is 11.8. The fourth-order valence-corrected chi connectivity index (χ4v) is 2.94. The Bertz CT molecular complexity index is 728. The molecule has 6 nitrogen and oxygen atoms in total. The van der Waals surface area contributed by atoms with E-state index < -0.39 is 0 Å². The Labute approximate surface area is 135 Å². The molecule has 1 unspecified atom stereocenters. The van der Waals surface area contributed by atoms with Crippen LogP contribution in [-0.2, 0) is 0 Å². The Morgan fingerprint density at radius 3 is 2.83 bits per heavy atom. The molecule has 1 amide bonds. The summed E-state index contributed by atoms with van der Waals surface area (Å²) in [5.41, 5.74) is 2.24. The Kier molecular flexibility index (Phi) is 4.29. The third-order valence-electron chi connectivity index (χ3n) is 4.20. The number of benzene rings is 1. The molecule has 1 saturated heterocycles. The van der Waals surface area contributed by atoms with Crippen molar-refractivity contribution in [2.45, 2.75) is 18.9 Å². The summed E-state index contributed by atoms with van der Waals surface area (Å²) in [6.45, 7) is 1.84. The fraction of sp³-hybridized carbons (Fsp3) is 0.353. The molecule has 1 aliphatic heterocycles. The summed E-state index contributed by atoms with van der Waals surface area (Å²) in [5, 5.41) is 15.9. The van der Waals surface area contributed by atoms with Gasteiger partial charge in [0, 0.05) is 32.0 Å². The van der Waals surface area contributed by atoms with E-state index in [0.29, 0.717) is 11.3 Å². The van der Waals surface area contributed by atoms with Crippen LogP contribution in [-0.4, -0.2) is 35.8 Å². The Morgan fingerprint density at radius 1 is 1.35 bits per heavy atom. The zero-order chi connectivity index (χ0) is 16.2. The van der Waals surface area contributed by atoms with E-state index in [1.165, 1.54) is 0 Å². The molecule has 0 spiro atoms. The molecule has 0 aliphatic carbocycles. The number of anilines is 1. The Balaban J connectivity index is 1.74. The van der Waals surface area contributed by atoms with Crippen molar-refractivity contribution in [3.05, 3.63) is 47.8 Å². The van der Waals surface area contributed by atoms with Gasteiger partial charge >= 0.3 is 0 Å². The molecule has 1 fully saturated rings. The van der Waals surface area contributed by atoms with Gasteiger partial charge in [-0.1, -0.05) is 0 Å². The van der Waals surface area contributed by atoms with Crippen LogP contribution in [0.3, 0.4) is 0 Å². The van der Waals surface area contributed by atoms with Crippen LogP contribution < -0.4 is 10.2 Å². The Hall–Kier alpha value is -2.81. The minimum absolute atomic E-state index is 0.163. The molecular weight excluding hydrogens is 290 g/mol. The van der Waals surface area contributed by atoms with Gasteiger partial charge in [-0.05, 0) is 43.2 Å². The van der Waals surface area contributed by atoms with Crippen LogP contribution in [0.15, 0.2) is 36.5 Å². The van der Waals surface area contributed by atoms with Crippen molar-refractivity contribution in [2.24, 2.45) is 0 Å². The second kappa shape index (κ2) is 6.53. The van der Waals surface area contributed by atoms with Crippen molar-refractivity contribution in [3.63, 3.8) is 0 Å². The first-order valence-corrected chi connectivity index (χ1v) is 7.73. The van der Waals surface area contributed by atoms with Crippen LogP contribution in [0.4, 0.5) is 5.69 Å². The second-order valence-corrected chi connectivity index (χ2v) is 5.66. The lowest BCUT2D eigenvalue weighted by atomic mass is 10.0. The first-order chi connectivity index (χ1) is 11.2. The van der Waals surface area contributed by atoms with E-state index in [1.807, 2.05) is 35.1 Å². The molecular formula is C17H19N5O. The summed E-state index contributed by atoms with van der Waals surface area (Å²) in [7, 11) is 1.61. The maximum atomic E-state index is 11.6. The van der Waals surface area contributed by atoms with Crippen molar-refractivity contribution < 1.29 is 4.79 Å². The number of amides is 1. The molecule has 0 bridgehead atoms. The minimum Gasteiger partial charge on any atom is -0.369 e. The van der Waals surface area contributed by atoms with Gasteiger partial charge in [-0.2, -0.15) is 10.4 Å². The molecule has 1 aliphatic rings. The molecule has 1 N–H and O–H groups in total. The summed E-state index contributed by atoms with van der Waals surface area (Å²) in [5.74, 6) is -0.163. The number of hydrogen-bond donors (Lipinski definition) is 1. The molecule has 6 heteroatoms. The summed E-state index contributed by atoms with van der Waals surface area (Å²) < 4.78 is 1.89. The van der Waals surface area contributed by atoms with Crippen molar-refractivity contribution >= 4 is 11.6 Å². The number of piperidine rings is 1. The molecule has 0 radical (unpaired) electrons. The zero-order valence-corrected chi connectivity index (χ0v) is 13.1. The van der Waals surface area contributed by atoms with Crippen molar-refractivity contribution in [3.8, 4) is 6.07 Å². The predicted octanol–water partition coefficient (Wildman–Crippen LogP) is 1.96. The topological polar surface area (TPSA) is 74.0 Å². The maximum absolute atomic E-state index is 11.6. The number of aromatic nitrogens is 2. The first kappa shape index (κ1) is 15.1. The highest BCUT2D eigenvalue weighted by atomic mass is 16.1. The third-order valence-corrected chi connectivity index (χ3v) is 4.20. The van der Waals surface area contributed by atoms with Crippen LogP contribution in [0.25, 0.3) is 0 Å². The van der Waals surface area contributed by atoms with Gasteiger partial charge in [0.1, 0.15) is 5.69 Å². The maximum Gasteiger partial charge on any atom is 0.271 e. The summed E-state index contributed by atoms with van der Waals surface area (Å²) >= 11 is 0. The number of nitrogens with one attached hydrogen (secondary N) is 1. The highest BCUT2D eigenvalue weighted by molar-refractivity contribution is 5.91. The molecule has 1 aromatic heterocycles. The van der Waals surface area contributed by atoms with E-state index in [2.05, 4.69) is 21.4 Å². The monoisotopic (exact) mass is 309 g/mol. The normalized spacial score (nSPS) is 17.6. The van der Waals surface area contributed by atoms with Crippen molar-refractivity contribution in [1.82, 2.24) is 15.1 Å². The van der Waals surface area contributed by atoms with Crippen LogP contribution in [0.5, 0.6) is 0 Å². The standard InChI is InChI=1S/C17H19N5O/c1-19-17(23)16-8-10-22(20-16)15-3-2-9-21(12-15)14-6-4-13(11-18)5-7-14/h4-8,10,15H,2-3,9,12H2,1H3,(H,19,23). The van der Waals surface area contributed by atoms with Gasteiger partial charge in [0.15, 0.2) is 0 Å². The highest BCUT2D eigenvalue weighted by Gasteiger charge is 2.23. The van der Waals surface area contributed by atoms with Gasteiger partial charge in [0.05, 0.1) is 17.7 Å². The average Bonchev–Trinajstić information content (AvgIpc) is 3.11. The van der Waals surface area contributed by atoms with Gasteiger partial charge in [-0.15, -0.1) is 0 Å². The lowest BCUT2D eigenvalue weighted by molar-refractivity contribution is 0.0957. The van der Waals surface area contributed by atoms with E-state index in [-0.39, 0.29) is 11.9 Å². The largest absolute Gasteiger partial charge is 0.369 e. The third kappa shape index (κ3) is 3.19. The number of carbonyl (C=O) groups excluding carboxylic acids is 1. The van der Waals surface area contributed by atoms with E-state index in [1.54, 1.807) is 13.1 Å². The molecule has 1 aromatic carbocycles. The molecule has 118 valence electrons.